The van der Waals surface area contributed by atoms with Crippen LogP contribution in [0.15, 0.2) is 83.4 Å². The zero-order chi connectivity index (χ0) is 30.6. The van der Waals surface area contributed by atoms with Crippen molar-refractivity contribution in [1.29, 1.82) is 0 Å². The molecule has 11 heteroatoms. The second-order valence-electron chi connectivity index (χ2n) is 10.4. The zero-order valence-corrected chi connectivity index (χ0v) is 23.7. The Morgan fingerprint density at radius 3 is 2.42 bits per heavy atom. The summed E-state index contributed by atoms with van der Waals surface area (Å²) in [6.07, 6.45) is -1.86. The number of hydrogen-bond donors (Lipinski definition) is 0. The molecule has 0 bridgehead atoms. The minimum atomic E-state index is -4.42. The predicted octanol–water partition coefficient (Wildman–Crippen LogP) is 6.30. The Balaban J connectivity index is 1.20. The second-order valence-corrected chi connectivity index (χ2v) is 10.4. The normalized spacial score (nSPS) is 13.8. The Morgan fingerprint density at radius 2 is 1.70 bits per heavy atom. The molecule has 0 atom stereocenters. The summed E-state index contributed by atoms with van der Waals surface area (Å²) in [5.74, 6) is -0.503. The summed E-state index contributed by atoms with van der Waals surface area (Å²) in [5, 5.41) is 0. The van der Waals surface area contributed by atoms with Crippen LogP contribution in [0.2, 0.25) is 0 Å². The van der Waals surface area contributed by atoms with Gasteiger partial charge in [-0.1, -0.05) is 25.1 Å². The highest BCUT2D eigenvalue weighted by molar-refractivity contribution is 5.94. The molecule has 1 fully saturated rings. The topological polar surface area (TPSA) is 61.9 Å². The Bertz CT molecular complexity index is 1570. The first-order valence-electron chi connectivity index (χ1n) is 14.1. The Morgan fingerprint density at radius 1 is 0.930 bits per heavy atom. The fourth-order valence-electron chi connectivity index (χ4n) is 5.22. The fourth-order valence-corrected chi connectivity index (χ4v) is 5.22. The van der Waals surface area contributed by atoms with E-state index in [1.54, 1.807) is 40.1 Å². The first-order chi connectivity index (χ1) is 20.6. The van der Waals surface area contributed by atoms with Crippen LogP contribution in [0.5, 0.6) is 0 Å². The van der Waals surface area contributed by atoms with Gasteiger partial charge in [-0.2, -0.15) is 13.2 Å². The van der Waals surface area contributed by atoms with Crippen molar-refractivity contribution in [3.8, 4) is 0 Å². The van der Waals surface area contributed by atoms with Gasteiger partial charge in [0.25, 0.3) is 11.8 Å². The van der Waals surface area contributed by atoms with Crippen molar-refractivity contribution in [3.05, 3.63) is 113 Å². The summed E-state index contributed by atoms with van der Waals surface area (Å²) in [6.45, 7) is 4.49. The number of amides is 2. The van der Waals surface area contributed by atoms with Crippen molar-refractivity contribution in [3.63, 3.8) is 0 Å². The second kappa shape index (κ2) is 12.8. The Labute approximate surface area is 246 Å². The highest BCUT2D eigenvalue weighted by atomic mass is 19.4. The molecule has 1 saturated heterocycles. The third-order valence-electron chi connectivity index (χ3n) is 7.47. The number of aromatic nitrogens is 1. The molecule has 0 aliphatic carbocycles. The minimum Gasteiger partial charge on any atom is -0.454 e. The van der Waals surface area contributed by atoms with Crippen LogP contribution in [-0.4, -0.2) is 58.9 Å². The summed E-state index contributed by atoms with van der Waals surface area (Å²) in [6, 6.07) is 18.2. The molecule has 43 heavy (non-hydrogen) atoms. The molecule has 1 aliphatic heterocycles. The number of rotatable bonds is 9. The van der Waals surface area contributed by atoms with E-state index < -0.39 is 17.6 Å². The van der Waals surface area contributed by atoms with E-state index in [9.17, 15) is 27.2 Å². The van der Waals surface area contributed by atoms with Crippen molar-refractivity contribution in [2.45, 2.75) is 32.6 Å². The molecule has 2 amide bonds. The third kappa shape index (κ3) is 6.93. The SMILES string of the molecule is CCCN(Cc1cccn1Cc1ccc(C(=O)N2CCN(c3cccc(C(F)(F)F)c3)CC2)o1)C(=O)c1ccccc1F. The molecule has 0 N–H and O–H groups in total. The lowest BCUT2D eigenvalue weighted by atomic mass is 10.1. The average molecular weight is 597 g/mol. The first kappa shape index (κ1) is 29.9. The average Bonchev–Trinajstić information content (AvgIpc) is 3.66. The van der Waals surface area contributed by atoms with Crippen LogP contribution in [-0.2, 0) is 19.3 Å². The molecule has 2 aromatic carbocycles. The number of hydrogen-bond acceptors (Lipinski definition) is 4. The molecule has 7 nitrogen and oxygen atoms in total. The van der Waals surface area contributed by atoms with E-state index in [0.29, 0.717) is 57.1 Å². The summed E-state index contributed by atoms with van der Waals surface area (Å²) in [4.78, 5) is 31.3. The maximum Gasteiger partial charge on any atom is 0.416 e. The quantitative estimate of drug-likeness (QED) is 0.213. The van der Waals surface area contributed by atoms with Crippen molar-refractivity contribution in [1.82, 2.24) is 14.4 Å². The molecule has 1 aliphatic rings. The van der Waals surface area contributed by atoms with Crippen molar-refractivity contribution >= 4 is 17.5 Å². The van der Waals surface area contributed by atoms with Gasteiger partial charge in [0.15, 0.2) is 5.76 Å². The first-order valence-corrected chi connectivity index (χ1v) is 14.1. The van der Waals surface area contributed by atoms with Crippen LogP contribution >= 0.6 is 0 Å². The Kier molecular flexibility index (Phi) is 8.89. The van der Waals surface area contributed by atoms with Gasteiger partial charge in [-0.3, -0.25) is 9.59 Å². The molecule has 0 saturated carbocycles. The number of nitrogens with zero attached hydrogens (tertiary/aromatic N) is 4. The Hall–Kier alpha value is -4.54. The van der Waals surface area contributed by atoms with Gasteiger partial charge in [0.2, 0.25) is 0 Å². The molecule has 3 heterocycles. The van der Waals surface area contributed by atoms with Gasteiger partial charge < -0.3 is 23.7 Å². The maximum absolute atomic E-state index is 14.3. The van der Waals surface area contributed by atoms with Gasteiger partial charge in [-0.25, -0.2) is 4.39 Å². The lowest BCUT2D eigenvalue weighted by Gasteiger charge is -2.36. The summed E-state index contributed by atoms with van der Waals surface area (Å²) >= 11 is 0. The maximum atomic E-state index is 14.3. The molecular formula is C32H32F4N4O3. The summed E-state index contributed by atoms with van der Waals surface area (Å²) in [5.41, 5.74) is 0.622. The largest absolute Gasteiger partial charge is 0.454 e. The van der Waals surface area contributed by atoms with Crippen LogP contribution in [0.1, 0.15) is 51.3 Å². The molecular weight excluding hydrogens is 564 g/mol. The van der Waals surface area contributed by atoms with Crippen molar-refractivity contribution in [2.75, 3.05) is 37.6 Å². The fraction of sp³-hybridized carbons (Fsp3) is 0.312. The molecule has 4 aromatic rings. The van der Waals surface area contributed by atoms with Gasteiger partial charge in [-0.05, 0) is 61.0 Å². The number of carbonyl (C=O) groups excluding carboxylic acids is 2. The minimum absolute atomic E-state index is 0.0268. The number of furan rings is 1. The number of halogens is 4. The third-order valence-corrected chi connectivity index (χ3v) is 7.47. The van der Waals surface area contributed by atoms with Gasteiger partial charge in [0, 0.05) is 50.3 Å². The molecule has 226 valence electrons. The van der Waals surface area contributed by atoms with Crippen LogP contribution in [0, 0.1) is 5.82 Å². The zero-order valence-electron chi connectivity index (χ0n) is 23.7. The van der Waals surface area contributed by atoms with Crippen LogP contribution in [0.3, 0.4) is 0 Å². The highest BCUT2D eigenvalue weighted by Crippen LogP contribution is 2.32. The van der Waals surface area contributed by atoms with Crippen LogP contribution in [0.25, 0.3) is 0 Å². The van der Waals surface area contributed by atoms with E-state index in [4.69, 9.17) is 4.42 Å². The lowest BCUT2D eigenvalue weighted by Crippen LogP contribution is -2.48. The van der Waals surface area contributed by atoms with E-state index in [-0.39, 0.29) is 29.7 Å². The smallest absolute Gasteiger partial charge is 0.416 e. The van der Waals surface area contributed by atoms with Gasteiger partial charge in [0.1, 0.15) is 11.6 Å². The highest BCUT2D eigenvalue weighted by Gasteiger charge is 2.31. The van der Waals surface area contributed by atoms with Gasteiger partial charge in [-0.15, -0.1) is 0 Å². The standard InChI is InChI=1S/C32H32F4N4O3/c1-2-14-40(30(41)27-10-3-4-11-28(27)33)21-25-9-6-15-39(25)22-26-12-13-29(43-26)31(42)38-18-16-37(17-19-38)24-8-5-7-23(20-24)32(34,35)36/h3-13,15,20H,2,14,16-19,21-22H2,1H3. The predicted molar refractivity (Wildman–Crippen MR) is 153 cm³/mol. The van der Waals surface area contributed by atoms with E-state index in [2.05, 4.69) is 0 Å². The molecule has 0 radical (unpaired) electrons. The van der Waals surface area contributed by atoms with Crippen LogP contribution < -0.4 is 4.90 Å². The number of benzene rings is 2. The van der Waals surface area contributed by atoms with Crippen molar-refractivity contribution in [2.24, 2.45) is 0 Å². The van der Waals surface area contributed by atoms with E-state index in [0.717, 1.165) is 17.8 Å². The van der Waals surface area contributed by atoms with E-state index in [1.807, 2.05) is 34.7 Å². The van der Waals surface area contributed by atoms with E-state index in [1.165, 1.54) is 18.2 Å². The molecule has 5 rings (SSSR count). The monoisotopic (exact) mass is 596 g/mol. The molecule has 2 aromatic heterocycles. The van der Waals surface area contributed by atoms with Crippen LogP contribution in [0.4, 0.5) is 23.2 Å². The van der Waals surface area contributed by atoms with Crippen molar-refractivity contribution < 1.29 is 31.6 Å². The molecule has 0 unspecified atom stereocenters. The summed E-state index contributed by atoms with van der Waals surface area (Å²) < 4.78 is 61.5. The number of alkyl halides is 3. The lowest BCUT2D eigenvalue weighted by molar-refractivity contribution is -0.137. The summed E-state index contributed by atoms with van der Waals surface area (Å²) in [7, 11) is 0. The number of piperazine rings is 1. The number of anilines is 1. The van der Waals surface area contributed by atoms with Gasteiger partial charge >= 0.3 is 6.18 Å². The number of carbonyl (C=O) groups is 2. The molecule has 0 spiro atoms. The van der Waals surface area contributed by atoms with Gasteiger partial charge in [0.05, 0.1) is 24.2 Å². The van der Waals surface area contributed by atoms with E-state index >= 15 is 0 Å².